The Morgan fingerprint density at radius 3 is 3.00 bits per heavy atom. The van der Waals surface area contributed by atoms with Crippen LogP contribution in [0.15, 0.2) is 6.07 Å². The molecule has 7 heteroatoms. The summed E-state index contributed by atoms with van der Waals surface area (Å²) < 4.78 is 0. The molecule has 0 bridgehead atoms. The van der Waals surface area contributed by atoms with E-state index >= 15 is 0 Å². The van der Waals surface area contributed by atoms with Crippen LogP contribution in [0.25, 0.3) is 11.4 Å². The van der Waals surface area contributed by atoms with Crippen LogP contribution in [-0.4, -0.2) is 26.3 Å². The van der Waals surface area contributed by atoms with E-state index < -0.39 is 5.91 Å². The van der Waals surface area contributed by atoms with Gasteiger partial charge in [0.15, 0.2) is 5.69 Å². The van der Waals surface area contributed by atoms with E-state index in [0.29, 0.717) is 17.2 Å². The first-order valence-corrected chi connectivity index (χ1v) is 3.45. The molecule has 0 saturated heterocycles. The van der Waals surface area contributed by atoms with Gasteiger partial charge in [-0.05, 0) is 0 Å². The standard InChI is InChI=1S/C6H6N6O/c7-3-1-2-4(9-3)5(6(8)13)11-12-10-2/h1H,(H2,7,9)(H2,8,13)(H,10,11). The maximum atomic E-state index is 10.8. The Kier molecular flexibility index (Phi) is 1.38. The molecule has 2 aliphatic heterocycles. The minimum atomic E-state index is -0.676. The molecule has 0 atom stereocenters. The van der Waals surface area contributed by atoms with Gasteiger partial charge in [-0.25, -0.2) is 4.98 Å². The van der Waals surface area contributed by atoms with E-state index in [-0.39, 0.29) is 5.69 Å². The van der Waals surface area contributed by atoms with Crippen LogP contribution in [0.4, 0.5) is 5.82 Å². The Morgan fingerprint density at radius 2 is 2.31 bits per heavy atom. The number of aromatic nitrogens is 4. The Hall–Kier alpha value is -2.18. The summed E-state index contributed by atoms with van der Waals surface area (Å²) in [5, 5.41) is 9.55. The fourth-order valence-corrected chi connectivity index (χ4v) is 1.05. The average Bonchev–Trinajstić information content (AvgIpc) is 2.43. The van der Waals surface area contributed by atoms with Crippen LogP contribution in [0.5, 0.6) is 0 Å². The first-order valence-electron chi connectivity index (χ1n) is 3.45. The SMILES string of the molecule is NC(=O)c1nn[nH]c2cc(N)nc1-2. The lowest BCUT2D eigenvalue weighted by Gasteiger charge is -1.98. The molecule has 2 aliphatic rings. The Labute approximate surface area is 72.5 Å². The molecule has 66 valence electrons. The van der Waals surface area contributed by atoms with Crippen molar-refractivity contribution >= 4 is 11.7 Å². The molecule has 0 fully saturated rings. The number of primary amides is 1. The van der Waals surface area contributed by atoms with Crippen molar-refractivity contribution in [3.63, 3.8) is 0 Å². The molecule has 2 heterocycles. The van der Waals surface area contributed by atoms with Gasteiger partial charge in [-0.2, -0.15) is 0 Å². The quantitative estimate of drug-likeness (QED) is 0.515. The number of aromatic amines is 1. The van der Waals surface area contributed by atoms with E-state index in [0.717, 1.165) is 0 Å². The molecule has 0 aliphatic carbocycles. The first-order chi connectivity index (χ1) is 6.18. The van der Waals surface area contributed by atoms with Crippen molar-refractivity contribution in [1.82, 2.24) is 20.4 Å². The van der Waals surface area contributed by atoms with Gasteiger partial charge in [0, 0.05) is 6.07 Å². The maximum absolute atomic E-state index is 10.8. The highest BCUT2D eigenvalue weighted by atomic mass is 16.1. The molecule has 0 aromatic heterocycles. The normalized spacial score (nSPS) is 10.5. The van der Waals surface area contributed by atoms with Gasteiger partial charge < -0.3 is 11.5 Å². The van der Waals surface area contributed by atoms with Crippen molar-refractivity contribution in [2.24, 2.45) is 5.73 Å². The zero-order valence-corrected chi connectivity index (χ0v) is 6.48. The lowest BCUT2D eigenvalue weighted by Crippen LogP contribution is -2.16. The molecule has 0 radical (unpaired) electrons. The fraction of sp³-hybridized carbons (Fsp3) is 0. The van der Waals surface area contributed by atoms with E-state index in [1.807, 2.05) is 0 Å². The fourth-order valence-electron chi connectivity index (χ4n) is 1.05. The molecule has 7 nitrogen and oxygen atoms in total. The van der Waals surface area contributed by atoms with E-state index in [1.54, 1.807) is 6.07 Å². The van der Waals surface area contributed by atoms with Gasteiger partial charge in [0.2, 0.25) is 0 Å². The van der Waals surface area contributed by atoms with Gasteiger partial charge in [-0.3, -0.25) is 9.89 Å². The maximum Gasteiger partial charge on any atom is 0.271 e. The van der Waals surface area contributed by atoms with Crippen molar-refractivity contribution in [1.29, 1.82) is 0 Å². The van der Waals surface area contributed by atoms with Crippen LogP contribution >= 0.6 is 0 Å². The highest BCUT2D eigenvalue weighted by Crippen LogP contribution is 2.21. The van der Waals surface area contributed by atoms with Crippen LogP contribution in [0.2, 0.25) is 0 Å². The number of nitrogens with zero attached hydrogens (tertiary/aromatic N) is 3. The molecular formula is C6H6N6O. The van der Waals surface area contributed by atoms with Crippen molar-refractivity contribution in [3.8, 4) is 11.4 Å². The molecule has 0 aromatic carbocycles. The molecule has 0 spiro atoms. The molecule has 5 N–H and O–H groups in total. The summed E-state index contributed by atoms with van der Waals surface area (Å²) >= 11 is 0. The summed E-state index contributed by atoms with van der Waals surface area (Å²) in [5.74, 6) is -0.381. The number of hydrogen-bond donors (Lipinski definition) is 3. The van der Waals surface area contributed by atoms with Gasteiger partial charge in [-0.1, -0.05) is 5.21 Å². The molecular weight excluding hydrogens is 172 g/mol. The zero-order chi connectivity index (χ0) is 9.42. The Balaban J connectivity index is 2.72. The second kappa shape index (κ2) is 2.41. The topological polar surface area (TPSA) is 124 Å². The van der Waals surface area contributed by atoms with Crippen LogP contribution < -0.4 is 11.5 Å². The minimum absolute atomic E-state index is 0.0189. The third-order valence-corrected chi connectivity index (χ3v) is 1.57. The lowest BCUT2D eigenvalue weighted by molar-refractivity contribution is 0.0994. The highest BCUT2D eigenvalue weighted by Gasteiger charge is 2.18. The molecule has 1 amide bonds. The van der Waals surface area contributed by atoms with Crippen molar-refractivity contribution < 1.29 is 4.79 Å². The second-order valence-corrected chi connectivity index (χ2v) is 2.47. The summed E-state index contributed by atoms with van der Waals surface area (Å²) in [4.78, 5) is 14.7. The molecule has 13 heavy (non-hydrogen) atoms. The van der Waals surface area contributed by atoms with Gasteiger partial charge in [0.25, 0.3) is 5.91 Å². The summed E-state index contributed by atoms with van der Waals surface area (Å²) in [6.07, 6.45) is 0. The molecule has 0 aromatic rings. The van der Waals surface area contributed by atoms with Crippen LogP contribution in [0, 0.1) is 0 Å². The highest BCUT2D eigenvalue weighted by molar-refractivity contribution is 5.96. The predicted molar refractivity (Wildman–Crippen MR) is 43.7 cm³/mol. The van der Waals surface area contributed by atoms with Crippen LogP contribution in [-0.2, 0) is 0 Å². The Bertz CT molecular complexity index is 435. The number of hydrogen-bond acceptors (Lipinski definition) is 5. The molecule has 0 saturated carbocycles. The van der Waals surface area contributed by atoms with Crippen molar-refractivity contribution in [2.75, 3.05) is 5.73 Å². The van der Waals surface area contributed by atoms with Crippen LogP contribution in [0.1, 0.15) is 10.5 Å². The van der Waals surface area contributed by atoms with Crippen LogP contribution in [0.3, 0.4) is 0 Å². The number of nitrogens with one attached hydrogen (secondary N) is 1. The van der Waals surface area contributed by atoms with Crippen molar-refractivity contribution in [3.05, 3.63) is 11.8 Å². The number of fused-ring (bicyclic) bond motifs is 1. The third-order valence-electron chi connectivity index (χ3n) is 1.57. The number of H-pyrrole nitrogens is 1. The number of nitrogens with two attached hydrogens (primary N) is 2. The largest absolute Gasteiger partial charge is 0.384 e. The van der Waals surface area contributed by atoms with E-state index in [9.17, 15) is 4.79 Å². The summed E-state index contributed by atoms with van der Waals surface area (Å²) in [6, 6.07) is 1.55. The first kappa shape index (κ1) is 7.47. The summed E-state index contributed by atoms with van der Waals surface area (Å²) in [6.45, 7) is 0. The minimum Gasteiger partial charge on any atom is -0.384 e. The number of carbonyl (C=O) groups is 1. The number of nitrogen functional groups attached to an aromatic ring is 1. The summed E-state index contributed by atoms with van der Waals surface area (Å²) in [7, 11) is 0. The smallest absolute Gasteiger partial charge is 0.271 e. The van der Waals surface area contributed by atoms with Gasteiger partial charge in [-0.15, -0.1) is 5.10 Å². The zero-order valence-electron chi connectivity index (χ0n) is 6.48. The van der Waals surface area contributed by atoms with Crippen molar-refractivity contribution in [2.45, 2.75) is 0 Å². The predicted octanol–water partition coefficient (Wildman–Crippen LogP) is -1.01. The Morgan fingerprint density at radius 1 is 1.54 bits per heavy atom. The molecule has 2 rings (SSSR count). The monoisotopic (exact) mass is 178 g/mol. The number of carbonyl (C=O) groups excluding carboxylic acids is 1. The van der Waals surface area contributed by atoms with Gasteiger partial charge in [0.1, 0.15) is 11.5 Å². The van der Waals surface area contributed by atoms with Gasteiger partial charge >= 0.3 is 0 Å². The lowest BCUT2D eigenvalue weighted by atomic mass is 10.2. The van der Waals surface area contributed by atoms with E-state index in [4.69, 9.17) is 11.5 Å². The third kappa shape index (κ3) is 1.06. The number of amides is 1. The van der Waals surface area contributed by atoms with E-state index in [2.05, 4.69) is 20.4 Å². The number of rotatable bonds is 1. The molecule has 0 unspecified atom stereocenters. The van der Waals surface area contributed by atoms with E-state index in [1.165, 1.54) is 0 Å². The summed E-state index contributed by atoms with van der Waals surface area (Å²) in [5.41, 5.74) is 11.4. The average molecular weight is 178 g/mol. The number of anilines is 1. The second-order valence-electron chi connectivity index (χ2n) is 2.47. The van der Waals surface area contributed by atoms with Gasteiger partial charge in [0.05, 0.1) is 5.69 Å².